The van der Waals surface area contributed by atoms with Crippen molar-refractivity contribution in [3.05, 3.63) is 35.3 Å². The van der Waals surface area contributed by atoms with Crippen LogP contribution in [0.4, 0.5) is 17.6 Å². The Bertz CT molecular complexity index is 658. The molecule has 0 bridgehead atoms. The molecule has 0 spiro atoms. The third kappa shape index (κ3) is 2.16. The summed E-state index contributed by atoms with van der Waals surface area (Å²) in [5.41, 5.74) is -1.79. The fourth-order valence-electron chi connectivity index (χ4n) is 2.23. The number of hydrogen-bond donors (Lipinski definition) is 1. The Morgan fingerprint density at radius 3 is 2.53 bits per heavy atom. The van der Waals surface area contributed by atoms with Crippen LogP contribution in [0.5, 0.6) is 0 Å². The van der Waals surface area contributed by atoms with Crippen LogP contribution >= 0.6 is 0 Å². The SMILES string of the molecule is Cn1c(C(F)(F)F)c(CC(=O)O)c2cccc(F)c21. The van der Waals surface area contributed by atoms with E-state index in [1.807, 2.05) is 0 Å². The van der Waals surface area contributed by atoms with Crippen molar-refractivity contribution in [1.82, 2.24) is 4.57 Å². The number of carboxylic acid groups (broad SMARTS) is 1. The summed E-state index contributed by atoms with van der Waals surface area (Å²) < 4.78 is 53.3. The molecule has 1 aromatic heterocycles. The number of rotatable bonds is 2. The molecule has 0 aliphatic rings. The topological polar surface area (TPSA) is 42.2 Å². The molecule has 1 heterocycles. The van der Waals surface area contributed by atoms with E-state index in [9.17, 15) is 22.4 Å². The van der Waals surface area contributed by atoms with Crippen LogP contribution in [0.25, 0.3) is 10.9 Å². The van der Waals surface area contributed by atoms with Gasteiger partial charge in [-0.2, -0.15) is 13.2 Å². The summed E-state index contributed by atoms with van der Waals surface area (Å²) in [6.45, 7) is 0. The van der Waals surface area contributed by atoms with E-state index in [-0.39, 0.29) is 10.9 Å². The lowest BCUT2D eigenvalue weighted by Gasteiger charge is -2.10. The Hall–Kier alpha value is -2.05. The Morgan fingerprint density at radius 2 is 2.00 bits per heavy atom. The number of benzene rings is 1. The molecule has 0 aliphatic heterocycles. The van der Waals surface area contributed by atoms with Gasteiger partial charge in [-0.3, -0.25) is 4.79 Å². The average molecular weight is 275 g/mol. The molecule has 0 radical (unpaired) electrons. The van der Waals surface area contributed by atoms with E-state index in [1.165, 1.54) is 12.1 Å². The zero-order valence-corrected chi connectivity index (χ0v) is 9.75. The number of carbonyl (C=O) groups is 1. The Balaban J connectivity index is 2.89. The highest BCUT2D eigenvalue weighted by atomic mass is 19.4. The third-order valence-electron chi connectivity index (χ3n) is 2.87. The van der Waals surface area contributed by atoms with Crippen molar-refractivity contribution in [3.8, 4) is 0 Å². The van der Waals surface area contributed by atoms with Crippen molar-refractivity contribution < 1.29 is 27.5 Å². The van der Waals surface area contributed by atoms with Crippen LogP contribution < -0.4 is 0 Å². The van der Waals surface area contributed by atoms with Crippen LogP contribution in [-0.4, -0.2) is 15.6 Å². The quantitative estimate of drug-likeness (QED) is 0.856. The highest BCUT2D eigenvalue weighted by Crippen LogP contribution is 2.38. The molecule has 1 aromatic carbocycles. The number of fused-ring (bicyclic) bond motifs is 1. The fraction of sp³-hybridized carbons (Fsp3) is 0.250. The molecule has 0 aliphatic carbocycles. The molecule has 19 heavy (non-hydrogen) atoms. The van der Waals surface area contributed by atoms with Crippen LogP contribution in [0.15, 0.2) is 18.2 Å². The summed E-state index contributed by atoms with van der Waals surface area (Å²) in [4.78, 5) is 10.7. The van der Waals surface area contributed by atoms with E-state index in [0.29, 0.717) is 4.57 Å². The van der Waals surface area contributed by atoms with Gasteiger partial charge in [0.2, 0.25) is 0 Å². The molecule has 0 atom stereocenters. The second kappa shape index (κ2) is 4.25. The molecule has 7 heteroatoms. The molecule has 2 aromatic rings. The van der Waals surface area contributed by atoms with E-state index in [2.05, 4.69) is 0 Å². The number of nitrogens with zero attached hydrogens (tertiary/aromatic N) is 1. The zero-order chi connectivity index (χ0) is 14.4. The van der Waals surface area contributed by atoms with E-state index in [4.69, 9.17) is 5.11 Å². The molecule has 0 saturated heterocycles. The Morgan fingerprint density at radius 1 is 1.37 bits per heavy atom. The van der Waals surface area contributed by atoms with Crippen molar-refractivity contribution in [3.63, 3.8) is 0 Å². The summed E-state index contributed by atoms with van der Waals surface area (Å²) in [5.74, 6) is -2.22. The number of aliphatic carboxylic acids is 1. The molecule has 0 amide bonds. The molecule has 0 saturated carbocycles. The monoisotopic (exact) mass is 275 g/mol. The molecular weight excluding hydrogens is 266 g/mol. The summed E-state index contributed by atoms with van der Waals surface area (Å²) in [6, 6.07) is 3.57. The number of para-hydroxylation sites is 1. The van der Waals surface area contributed by atoms with Crippen molar-refractivity contribution in [2.45, 2.75) is 12.6 Å². The van der Waals surface area contributed by atoms with Crippen LogP contribution in [0.3, 0.4) is 0 Å². The van der Waals surface area contributed by atoms with Gasteiger partial charge >= 0.3 is 12.1 Å². The zero-order valence-electron chi connectivity index (χ0n) is 9.75. The van der Waals surface area contributed by atoms with Gasteiger partial charge in [0.25, 0.3) is 0 Å². The standard InChI is InChI=1S/C12H9F4NO2/c1-17-10-6(3-2-4-8(10)13)7(5-9(18)19)11(17)12(14,15)16/h2-4H,5H2,1H3,(H,18,19). The van der Waals surface area contributed by atoms with Gasteiger partial charge in [0, 0.05) is 18.0 Å². The minimum absolute atomic E-state index is 0.0303. The smallest absolute Gasteiger partial charge is 0.431 e. The van der Waals surface area contributed by atoms with Gasteiger partial charge < -0.3 is 9.67 Å². The minimum atomic E-state index is -4.75. The predicted octanol–water partition coefficient (Wildman–Crippen LogP) is 2.96. The van der Waals surface area contributed by atoms with Crippen molar-refractivity contribution >= 4 is 16.9 Å². The lowest BCUT2D eigenvalue weighted by molar-refractivity contribution is -0.144. The number of carboxylic acids is 1. The second-order valence-electron chi connectivity index (χ2n) is 4.09. The third-order valence-corrected chi connectivity index (χ3v) is 2.87. The average Bonchev–Trinajstić information content (AvgIpc) is 2.51. The van der Waals surface area contributed by atoms with Crippen molar-refractivity contribution in [1.29, 1.82) is 0 Å². The fourth-order valence-corrected chi connectivity index (χ4v) is 2.23. The van der Waals surface area contributed by atoms with Gasteiger partial charge in [-0.05, 0) is 6.07 Å². The second-order valence-corrected chi connectivity index (χ2v) is 4.09. The number of aromatic nitrogens is 1. The maximum absolute atomic E-state index is 13.6. The maximum atomic E-state index is 13.6. The first-order valence-corrected chi connectivity index (χ1v) is 5.28. The van der Waals surface area contributed by atoms with Gasteiger partial charge in [0.15, 0.2) is 0 Å². The van der Waals surface area contributed by atoms with Gasteiger partial charge in [-0.25, -0.2) is 4.39 Å². The summed E-state index contributed by atoms with van der Waals surface area (Å²) in [6.07, 6.45) is -5.55. The number of aryl methyl sites for hydroxylation is 1. The van der Waals surface area contributed by atoms with E-state index in [1.54, 1.807) is 0 Å². The summed E-state index contributed by atoms with van der Waals surface area (Å²) in [5, 5.41) is 8.69. The van der Waals surface area contributed by atoms with Gasteiger partial charge in [-0.15, -0.1) is 0 Å². The number of halogens is 4. The summed E-state index contributed by atoms with van der Waals surface area (Å²) in [7, 11) is 1.07. The Labute approximate surface area is 105 Å². The van der Waals surface area contributed by atoms with E-state index in [0.717, 1.165) is 13.1 Å². The molecule has 3 nitrogen and oxygen atoms in total. The van der Waals surface area contributed by atoms with Crippen molar-refractivity contribution in [2.75, 3.05) is 0 Å². The molecule has 0 fully saturated rings. The number of alkyl halides is 3. The van der Waals surface area contributed by atoms with Gasteiger partial charge in [0.1, 0.15) is 11.5 Å². The highest BCUT2D eigenvalue weighted by Gasteiger charge is 2.39. The van der Waals surface area contributed by atoms with E-state index >= 15 is 0 Å². The first-order chi connectivity index (χ1) is 8.73. The van der Waals surface area contributed by atoms with Crippen molar-refractivity contribution in [2.24, 2.45) is 7.05 Å². The molecule has 102 valence electrons. The first kappa shape index (κ1) is 13.4. The normalized spacial score (nSPS) is 12.1. The van der Waals surface area contributed by atoms with Crippen LogP contribution in [0, 0.1) is 5.82 Å². The predicted molar refractivity (Wildman–Crippen MR) is 59.2 cm³/mol. The first-order valence-electron chi connectivity index (χ1n) is 5.28. The maximum Gasteiger partial charge on any atom is 0.431 e. The van der Waals surface area contributed by atoms with Gasteiger partial charge in [0.05, 0.1) is 11.9 Å². The van der Waals surface area contributed by atoms with Crippen LogP contribution in [-0.2, 0) is 24.4 Å². The highest BCUT2D eigenvalue weighted by molar-refractivity contribution is 5.89. The molecular formula is C12H9F4NO2. The number of hydrogen-bond acceptors (Lipinski definition) is 1. The molecule has 1 N–H and O–H groups in total. The van der Waals surface area contributed by atoms with E-state index < -0.39 is 35.6 Å². The van der Waals surface area contributed by atoms with Crippen LogP contribution in [0.2, 0.25) is 0 Å². The molecule has 2 rings (SSSR count). The lowest BCUT2D eigenvalue weighted by atomic mass is 10.1. The summed E-state index contributed by atoms with van der Waals surface area (Å²) >= 11 is 0. The Kier molecular flexibility index (Phi) is 3.00. The lowest BCUT2D eigenvalue weighted by Crippen LogP contribution is -2.15. The minimum Gasteiger partial charge on any atom is -0.481 e. The van der Waals surface area contributed by atoms with Crippen LogP contribution in [0.1, 0.15) is 11.3 Å². The molecule has 0 unspecified atom stereocenters. The largest absolute Gasteiger partial charge is 0.481 e. The van der Waals surface area contributed by atoms with Gasteiger partial charge in [-0.1, -0.05) is 12.1 Å².